The Kier molecular flexibility index (Phi) is 5.33. The van der Waals surface area contributed by atoms with Gasteiger partial charge in [-0.15, -0.1) is 0 Å². The Hall–Kier alpha value is -2.59. The molecule has 0 bridgehead atoms. The molecule has 0 aliphatic rings. The van der Waals surface area contributed by atoms with Crippen molar-refractivity contribution in [2.24, 2.45) is 0 Å². The largest absolute Gasteiger partial charge is 0.416 e. The van der Waals surface area contributed by atoms with Crippen LogP contribution in [0.2, 0.25) is 0 Å². The van der Waals surface area contributed by atoms with E-state index in [9.17, 15) is 26.4 Å². The van der Waals surface area contributed by atoms with Crippen molar-refractivity contribution < 1.29 is 31.2 Å². The molecular weight excluding hydrogens is 361 g/mol. The van der Waals surface area contributed by atoms with Gasteiger partial charge in [-0.3, -0.25) is 14.4 Å². The van der Waals surface area contributed by atoms with Crippen LogP contribution in [0.1, 0.15) is 15.9 Å². The first kappa shape index (κ1) is 18.7. The topological polar surface area (TPSA) is 84.5 Å². The lowest BCUT2D eigenvalue weighted by Crippen LogP contribution is -2.22. The van der Waals surface area contributed by atoms with Crippen LogP contribution in [-0.2, 0) is 21.0 Å². The molecule has 0 radical (unpaired) electrons. The Balaban J connectivity index is 2.23. The van der Waals surface area contributed by atoms with Gasteiger partial charge in [0.15, 0.2) is 0 Å². The molecule has 0 atom stereocenters. The zero-order chi connectivity index (χ0) is 18.7. The fourth-order valence-electron chi connectivity index (χ4n) is 1.91. The number of hydrogen-bond acceptors (Lipinski definition) is 4. The number of sulfonamides is 1. The van der Waals surface area contributed by atoms with Crippen LogP contribution in [-0.4, -0.2) is 21.4 Å². The molecule has 0 fully saturated rings. The minimum atomic E-state index is -4.59. The van der Waals surface area contributed by atoms with Crippen LogP contribution in [0.25, 0.3) is 0 Å². The van der Waals surface area contributed by atoms with Gasteiger partial charge in [-0.1, -0.05) is 6.07 Å². The van der Waals surface area contributed by atoms with E-state index >= 15 is 0 Å². The first-order valence-corrected chi connectivity index (χ1v) is 8.25. The second-order valence-electron chi connectivity index (χ2n) is 4.84. The van der Waals surface area contributed by atoms with E-state index < -0.39 is 27.7 Å². The highest BCUT2D eigenvalue weighted by Crippen LogP contribution is 2.31. The molecule has 2 N–H and O–H groups in total. The van der Waals surface area contributed by atoms with Crippen LogP contribution >= 0.6 is 0 Å². The second-order valence-corrected chi connectivity index (χ2v) is 6.53. The molecule has 0 saturated heterocycles. The molecular formula is C15H13F3N2O4S. The van der Waals surface area contributed by atoms with Gasteiger partial charge in [0.05, 0.1) is 17.6 Å². The predicted octanol–water partition coefficient (Wildman–Crippen LogP) is 2.80. The Morgan fingerprint density at radius 2 is 1.72 bits per heavy atom. The number of nitrogens with one attached hydrogen (secondary N) is 2. The third kappa shape index (κ3) is 4.70. The summed E-state index contributed by atoms with van der Waals surface area (Å²) in [6, 6.07) is 8.62. The minimum Gasteiger partial charge on any atom is -0.280 e. The number of amides is 1. The highest BCUT2D eigenvalue weighted by Gasteiger charge is 2.30. The first-order valence-electron chi connectivity index (χ1n) is 6.77. The van der Waals surface area contributed by atoms with Crippen LogP contribution in [0.15, 0.2) is 53.4 Å². The van der Waals surface area contributed by atoms with Gasteiger partial charge in [0.25, 0.3) is 15.9 Å². The second kappa shape index (κ2) is 7.11. The predicted molar refractivity (Wildman–Crippen MR) is 83.2 cm³/mol. The summed E-state index contributed by atoms with van der Waals surface area (Å²) in [5.41, 5.74) is 1.02. The average Bonchev–Trinajstić information content (AvgIpc) is 2.54. The van der Waals surface area contributed by atoms with Gasteiger partial charge in [-0.25, -0.2) is 13.9 Å². The Bertz CT molecular complexity index is 865. The SMILES string of the molecule is CONC(=O)c1ccc(S(=O)(=O)Nc2cccc(C(F)(F)F)c2)cc1. The summed E-state index contributed by atoms with van der Waals surface area (Å²) in [7, 11) is -2.86. The van der Waals surface area contributed by atoms with Crippen LogP contribution in [0.4, 0.5) is 18.9 Å². The number of rotatable bonds is 5. The van der Waals surface area contributed by atoms with Crippen molar-refractivity contribution in [3.8, 4) is 0 Å². The maximum atomic E-state index is 12.7. The standard InChI is InChI=1S/C15H13F3N2O4S/c1-24-19-14(21)10-5-7-13(8-6-10)25(22,23)20-12-4-2-3-11(9-12)15(16,17)18/h2-9,20H,1H3,(H,19,21). The summed E-state index contributed by atoms with van der Waals surface area (Å²) in [5.74, 6) is -0.572. The molecule has 0 saturated carbocycles. The average molecular weight is 374 g/mol. The highest BCUT2D eigenvalue weighted by molar-refractivity contribution is 7.92. The first-order chi connectivity index (χ1) is 11.6. The van der Waals surface area contributed by atoms with Crippen molar-refractivity contribution in [1.82, 2.24) is 5.48 Å². The van der Waals surface area contributed by atoms with Crippen molar-refractivity contribution >= 4 is 21.6 Å². The summed E-state index contributed by atoms with van der Waals surface area (Å²) < 4.78 is 64.6. The number of anilines is 1. The Morgan fingerprint density at radius 3 is 2.28 bits per heavy atom. The van der Waals surface area contributed by atoms with E-state index in [1.165, 1.54) is 25.3 Å². The van der Waals surface area contributed by atoms with Crippen molar-refractivity contribution in [3.05, 3.63) is 59.7 Å². The van der Waals surface area contributed by atoms with E-state index in [0.717, 1.165) is 24.3 Å². The van der Waals surface area contributed by atoms with E-state index in [-0.39, 0.29) is 16.1 Å². The third-order valence-corrected chi connectivity index (χ3v) is 4.46. The molecule has 10 heteroatoms. The van der Waals surface area contributed by atoms with E-state index in [1.54, 1.807) is 0 Å². The van der Waals surface area contributed by atoms with E-state index in [0.29, 0.717) is 6.07 Å². The summed E-state index contributed by atoms with van der Waals surface area (Å²) >= 11 is 0. The zero-order valence-electron chi connectivity index (χ0n) is 12.8. The molecule has 6 nitrogen and oxygen atoms in total. The summed E-state index contributed by atoms with van der Waals surface area (Å²) in [6.45, 7) is 0. The van der Waals surface area contributed by atoms with Gasteiger partial charge >= 0.3 is 6.18 Å². The maximum absolute atomic E-state index is 12.7. The number of hydroxylamine groups is 1. The third-order valence-electron chi connectivity index (χ3n) is 3.06. The summed E-state index contributed by atoms with van der Waals surface area (Å²) in [5, 5.41) is 0. The van der Waals surface area contributed by atoms with Gasteiger partial charge in [-0.2, -0.15) is 13.2 Å². The van der Waals surface area contributed by atoms with Crippen molar-refractivity contribution in [2.75, 3.05) is 11.8 Å². The molecule has 134 valence electrons. The molecule has 2 rings (SSSR count). The van der Waals surface area contributed by atoms with E-state index in [1.807, 2.05) is 0 Å². The van der Waals surface area contributed by atoms with Crippen LogP contribution in [0.3, 0.4) is 0 Å². The number of carbonyl (C=O) groups excluding carboxylic acids is 1. The van der Waals surface area contributed by atoms with Gasteiger partial charge in [0, 0.05) is 11.3 Å². The Morgan fingerprint density at radius 1 is 1.08 bits per heavy atom. The lowest BCUT2D eigenvalue weighted by Gasteiger charge is -2.11. The fraction of sp³-hybridized carbons (Fsp3) is 0.133. The number of carbonyl (C=O) groups is 1. The lowest BCUT2D eigenvalue weighted by atomic mass is 10.2. The molecule has 0 aliphatic heterocycles. The van der Waals surface area contributed by atoms with E-state index in [2.05, 4.69) is 15.0 Å². The quantitative estimate of drug-likeness (QED) is 0.789. The summed E-state index contributed by atoms with van der Waals surface area (Å²) in [4.78, 5) is 15.8. The molecule has 1 amide bonds. The molecule has 25 heavy (non-hydrogen) atoms. The molecule has 2 aromatic carbocycles. The molecule has 0 heterocycles. The number of benzene rings is 2. The van der Waals surface area contributed by atoms with Crippen molar-refractivity contribution in [3.63, 3.8) is 0 Å². The summed E-state index contributed by atoms with van der Waals surface area (Å²) in [6.07, 6.45) is -4.59. The lowest BCUT2D eigenvalue weighted by molar-refractivity contribution is -0.137. The van der Waals surface area contributed by atoms with Crippen LogP contribution in [0, 0.1) is 0 Å². The van der Waals surface area contributed by atoms with Crippen molar-refractivity contribution in [1.29, 1.82) is 0 Å². The number of hydrogen-bond donors (Lipinski definition) is 2. The molecule has 0 aromatic heterocycles. The number of alkyl halides is 3. The molecule has 0 aliphatic carbocycles. The van der Waals surface area contributed by atoms with Gasteiger partial charge in [0.2, 0.25) is 0 Å². The molecule has 0 unspecified atom stereocenters. The smallest absolute Gasteiger partial charge is 0.280 e. The highest BCUT2D eigenvalue weighted by atomic mass is 32.2. The van der Waals surface area contributed by atoms with Gasteiger partial charge in [0.1, 0.15) is 0 Å². The Labute approximate surface area is 141 Å². The minimum absolute atomic E-state index is 0.153. The van der Waals surface area contributed by atoms with Gasteiger partial charge < -0.3 is 0 Å². The molecule has 2 aromatic rings. The monoisotopic (exact) mass is 374 g/mol. The van der Waals surface area contributed by atoms with Crippen LogP contribution in [0.5, 0.6) is 0 Å². The normalized spacial score (nSPS) is 11.8. The fourth-order valence-corrected chi connectivity index (χ4v) is 2.96. The number of halogens is 3. The van der Waals surface area contributed by atoms with E-state index in [4.69, 9.17) is 0 Å². The van der Waals surface area contributed by atoms with Crippen molar-refractivity contribution in [2.45, 2.75) is 11.1 Å². The molecule has 0 spiro atoms. The maximum Gasteiger partial charge on any atom is 0.416 e. The zero-order valence-corrected chi connectivity index (χ0v) is 13.6. The van der Waals surface area contributed by atoms with Gasteiger partial charge in [-0.05, 0) is 42.5 Å². The van der Waals surface area contributed by atoms with Crippen LogP contribution < -0.4 is 10.2 Å².